The van der Waals surface area contributed by atoms with Gasteiger partial charge in [0, 0.05) is 0 Å². The van der Waals surface area contributed by atoms with Gasteiger partial charge in [-0.3, -0.25) is 4.79 Å². The van der Waals surface area contributed by atoms with Crippen LogP contribution in [0.3, 0.4) is 0 Å². The van der Waals surface area contributed by atoms with E-state index < -0.39 is 104 Å². The average Bonchev–Trinajstić information content (AvgIpc) is 1.46. The second-order valence-corrected chi connectivity index (χ2v) is 54.3. The van der Waals surface area contributed by atoms with Crippen molar-refractivity contribution >= 4 is 137 Å². The van der Waals surface area contributed by atoms with Gasteiger partial charge in [0.25, 0.3) is 0 Å². The minimum atomic E-state index is -7.44. The summed E-state index contributed by atoms with van der Waals surface area (Å²) in [6.07, 6.45) is 3.04. The van der Waals surface area contributed by atoms with Crippen LogP contribution in [0.15, 0.2) is 117 Å². The van der Waals surface area contributed by atoms with Gasteiger partial charge in [0.15, 0.2) is 0 Å². The fraction of sp³-hybridized carbons (Fsp3) is 0.554. The van der Waals surface area contributed by atoms with Crippen molar-refractivity contribution in [1.82, 2.24) is 8.47 Å². The molecule has 8 heterocycles. The number of benzene rings is 4. The summed E-state index contributed by atoms with van der Waals surface area (Å²) in [4.78, 5) is 35.0. The molecule has 0 fully saturated rings. The van der Waals surface area contributed by atoms with E-state index in [1.165, 1.54) is 7.11 Å². The van der Waals surface area contributed by atoms with E-state index in [0.717, 1.165) is 43.8 Å². The molecule has 0 aliphatic carbocycles. The van der Waals surface area contributed by atoms with Crippen molar-refractivity contribution < 1.29 is 119 Å². The summed E-state index contributed by atoms with van der Waals surface area (Å²) in [7, 11) is -35.5. The third kappa shape index (κ3) is 18.5. The zero-order chi connectivity index (χ0) is 82.6. The summed E-state index contributed by atoms with van der Waals surface area (Å²) in [5.74, 6) is 0.101. The van der Waals surface area contributed by atoms with Crippen molar-refractivity contribution in [3.05, 3.63) is 130 Å². The first-order chi connectivity index (χ1) is 54.3. The molecule has 41 heteroatoms. The SMILES string of the molecule is COC(=O)CCOCCOCCOCCOCC[N+](CCCCS(=O)(=O)O)(CCCCS(=O)(=O)O)CCC[Si](C)(C)O[Si-2]123(O[Si](C)(C)CCC[N+](CCCCS(=O)(=O)O)(CCCCS(=O)(=O)O)CCCCS(=O)(=O)O)n4c5c6ccccc6c4N=C4c6ccccc6C(=[N+]41)N=c1c4ccccc4c(n12)=NC1=[N+]3C(=N5)c2ccccc21. The molecule has 6 aliphatic rings. The number of hydrogen-bond acceptors (Lipinski definition) is 22. The number of quaternary nitrogens is 2. The maximum absolute atomic E-state index is 12.3. The first-order valence-corrected chi connectivity index (χ1v) is 56.2. The first-order valence-electron chi connectivity index (χ1n) is 39.3. The number of hydrogen-bond donors (Lipinski definition) is 5. The minimum absolute atomic E-state index is 0.0774. The second kappa shape index (κ2) is 34.4. The maximum atomic E-state index is 12.3. The standard InChI is InChI=1S/C74H106N10O23S5Si3/c1-101-66(85)34-43-102-45-47-104-49-50-105-48-46-103-44-42-84(38-17-22-54-111(95,96)97,39-18-23-55-112(98,99)100)41-25-57-114(4,5)107-115(106-113(2,3)56-24-40-83(35-14-19-51-108(86,87)88,36-15-20-52-109(89,90)91)37-16-21-53-110(92,93)94)79-67-58-26-6-7-27-59(58)68(79)76-70-62-30-10-11-31-63(62)72(81(70)115)78-74-65-33-13-12-32-64(65)73(82(74)115)77-71-61-29-9-8-28-60(61)69(75-67)80(71)115/h6-13,26-33H,14-25,34-57H2,1-5H3,(H3-2,86,87,88,89,90,91,92,93,94,95,96,97,98,99,100)/p+2. The summed E-state index contributed by atoms with van der Waals surface area (Å²) in [6.45, 7) is 13.6. The summed E-state index contributed by atoms with van der Waals surface area (Å²) >= 11 is 0. The Bertz CT molecular complexity index is 5290. The predicted molar refractivity (Wildman–Crippen MR) is 440 cm³/mol. The number of aliphatic imine (C=N–C) groups is 2. The number of esters is 1. The van der Waals surface area contributed by atoms with E-state index in [2.05, 4.69) is 47.9 Å². The number of unbranched alkanes of at least 4 members (excludes halogenated alkanes) is 5. The molecule has 2 aromatic heterocycles. The molecule has 0 atom stereocenters. The fourth-order valence-corrected chi connectivity index (χ4v) is 43.3. The molecule has 33 nitrogen and oxygen atoms in total. The quantitative estimate of drug-likeness (QED) is 0.00831. The molecule has 0 radical (unpaired) electrons. The molecule has 1 spiro atoms. The van der Waals surface area contributed by atoms with Gasteiger partial charge < -0.3 is 14.2 Å². The molecule has 632 valence electrons. The number of carbonyl (C=O) groups is 1. The molecule has 6 aromatic rings. The zero-order valence-electron chi connectivity index (χ0n) is 65.8. The molecule has 12 rings (SSSR count). The van der Waals surface area contributed by atoms with Gasteiger partial charge in [0.05, 0.1) is 46.6 Å². The van der Waals surface area contributed by atoms with E-state index in [0.29, 0.717) is 160 Å². The van der Waals surface area contributed by atoms with Gasteiger partial charge in [-0.2, -0.15) is 0 Å². The van der Waals surface area contributed by atoms with Crippen molar-refractivity contribution in [3.63, 3.8) is 0 Å². The van der Waals surface area contributed by atoms with E-state index in [9.17, 15) is 77.9 Å². The first kappa shape index (κ1) is 87.9. The van der Waals surface area contributed by atoms with Crippen LogP contribution < -0.4 is 11.0 Å². The van der Waals surface area contributed by atoms with Crippen LogP contribution >= 0.6 is 0 Å². The normalized spacial score (nSPS) is 17.1. The number of nitrogens with zero attached hydrogens (tertiary/aromatic N) is 10. The Labute approximate surface area is 673 Å². The molecule has 0 saturated heterocycles. The van der Waals surface area contributed by atoms with Crippen LogP contribution in [0.1, 0.15) is 106 Å². The molecule has 0 amide bonds. The van der Waals surface area contributed by atoms with Crippen molar-refractivity contribution in [3.8, 4) is 0 Å². The Kier molecular flexibility index (Phi) is 26.3. The molecule has 5 N–H and O–H groups in total. The number of aromatic nitrogens is 2. The zero-order valence-corrected chi connectivity index (χ0v) is 72.9. The van der Waals surface area contributed by atoms with Crippen LogP contribution in [0.2, 0.25) is 38.3 Å². The van der Waals surface area contributed by atoms with E-state index in [1.54, 1.807) is 0 Å². The second-order valence-electron chi connectivity index (χ2n) is 32.1. The Hall–Kier alpha value is -6.41. The third-order valence-corrected chi connectivity index (χ3v) is 43.6. The van der Waals surface area contributed by atoms with Crippen molar-refractivity contribution in [2.75, 3.05) is 141 Å². The average molecular weight is 1750 g/mol. The number of methoxy groups -OCH3 is 1. The number of rotatable bonds is 52. The molecule has 0 bridgehead atoms. The van der Waals surface area contributed by atoms with Crippen LogP contribution in [0.5, 0.6) is 0 Å². The Morgan fingerprint density at radius 3 is 1.04 bits per heavy atom. The van der Waals surface area contributed by atoms with E-state index in [-0.39, 0.29) is 102 Å². The third-order valence-electron chi connectivity index (χ3n) is 22.9. The van der Waals surface area contributed by atoms with Gasteiger partial charge in [-0.1, -0.05) is 0 Å². The Morgan fingerprint density at radius 2 is 0.696 bits per heavy atom. The molecular weight excluding hydrogens is 1640 g/mol. The topological polar surface area (TPSA) is 419 Å². The van der Waals surface area contributed by atoms with Gasteiger partial charge in [-0.15, -0.1) is 0 Å². The van der Waals surface area contributed by atoms with E-state index >= 15 is 0 Å². The van der Waals surface area contributed by atoms with E-state index in [1.807, 2.05) is 97.1 Å². The van der Waals surface area contributed by atoms with Gasteiger partial charge in [-0.05, 0) is 0 Å². The van der Waals surface area contributed by atoms with Crippen LogP contribution in [0.25, 0.3) is 21.5 Å². The van der Waals surface area contributed by atoms with Crippen LogP contribution in [-0.2, 0) is 87.3 Å². The Morgan fingerprint density at radius 1 is 0.391 bits per heavy atom. The van der Waals surface area contributed by atoms with Gasteiger partial charge in [0.2, 0.25) is 0 Å². The number of amidine groups is 4. The van der Waals surface area contributed by atoms with E-state index in [4.69, 9.17) is 38.9 Å². The van der Waals surface area contributed by atoms with Crippen LogP contribution in [-0.4, -0.2) is 286 Å². The summed E-state index contributed by atoms with van der Waals surface area (Å²) in [5, 5.41) is 2.99. The molecule has 0 saturated carbocycles. The molecule has 0 unspecified atom stereocenters. The number of fused-ring (bicyclic) bond motifs is 12. The van der Waals surface area contributed by atoms with Crippen molar-refractivity contribution in [2.45, 2.75) is 122 Å². The number of carbonyl (C=O) groups excluding carboxylic acids is 1. The van der Waals surface area contributed by atoms with Crippen molar-refractivity contribution in [2.24, 2.45) is 20.0 Å². The number of ether oxygens (including phenoxy) is 5. The molecule has 115 heavy (non-hydrogen) atoms. The van der Waals surface area contributed by atoms with Gasteiger partial charge in [-0.25, -0.2) is 0 Å². The monoisotopic (exact) mass is 1750 g/mol. The molecule has 4 aromatic carbocycles. The van der Waals surface area contributed by atoms with Gasteiger partial charge >= 0.3 is 612 Å². The fourth-order valence-electron chi connectivity index (χ4n) is 18.2. The summed E-state index contributed by atoms with van der Waals surface area (Å²) < 4.78 is 229. The molecule has 6 aliphatic heterocycles. The summed E-state index contributed by atoms with van der Waals surface area (Å²) in [5.41, 5.74) is 3.98. The molecular formula is C74H108N10O23S5Si3+2. The van der Waals surface area contributed by atoms with Gasteiger partial charge in [0.1, 0.15) is 0 Å². The Balaban J connectivity index is 1.01. The van der Waals surface area contributed by atoms with Crippen molar-refractivity contribution in [1.29, 1.82) is 0 Å². The summed E-state index contributed by atoms with van der Waals surface area (Å²) in [6, 6.07) is 32.8. The predicted octanol–water partition coefficient (Wildman–Crippen LogP) is 7.15. The van der Waals surface area contributed by atoms with Crippen LogP contribution in [0, 0.1) is 0 Å². The van der Waals surface area contributed by atoms with Crippen LogP contribution in [0.4, 0.5) is 11.6 Å².